The number of aromatic nitrogens is 1. The van der Waals surface area contributed by atoms with Crippen LogP contribution in [0.2, 0.25) is 0 Å². The summed E-state index contributed by atoms with van der Waals surface area (Å²) in [5.74, 6) is -0.564. The summed E-state index contributed by atoms with van der Waals surface area (Å²) in [6, 6.07) is 5.51. The molecule has 0 aliphatic carbocycles. The van der Waals surface area contributed by atoms with Crippen molar-refractivity contribution in [3.8, 4) is 11.6 Å². The van der Waals surface area contributed by atoms with Crippen LogP contribution in [0, 0.1) is 12.7 Å². The Morgan fingerprint density at radius 1 is 1.35 bits per heavy atom. The molecule has 0 saturated heterocycles. The fourth-order valence-corrected chi connectivity index (χ4v) is 1.59. The van der Waals surface area contributed by atoms with E-state index in [2.05, 4.69) is 9.72 Å². The molecular formula is C14H13FN2O3. The molecule has 2 aromatic rings. The molecule has 104 valence electrons. The molecule has 20 heavy (non-hydrogen) atoms. The van der Waals surface area contributed by atoms with Crippen molar-refractivity contribution in [2.24, 2.45) is 0 Å². The highest BCUT2D eigenvalue weighted by Gasteiger charge is 2.13. The Balaban J connectivity index is 2.34. The van der Waals surface area contributed by atoms with Crippen LogP contribution in [0.1, 0.15) is 15.9 Å². The first kappa shape index (κ1) is 13.8. The monoisotopic (exact) mass is 276 g/mol. The van der Waals surface area contributed by atoms with Gasteiger partial charge in [-0.15, -0.1) is 0 Å². The van der Waals surface area contributed by atoms with Gasteiger partial charge in [-0.1, -0.05) is 6.07 Å². The average Bonchev–Trinajstić information content (AvgIpc) is 2.44. The van der Waals surface area contributed by atoms with Gasteiger partial charge in [0.2, 0.25) is 5.88 Å². The minimum Gasteiger partial charge on any atom is -0.465 e. The maximum Gasteiger partial charge on any atom is 0.340 e. The molecule has 0 spiro atoms. The van der Waals surface area contributed by atoms with Crippen LogP contribution in [0.3, 0.4) is 0 Å². The number of anilines is 1. The van der Waals surface area contributed by atoms with E-state index in [0.29, 0.717) is 5.75 Å². The van der Waals surface area contributed by atoms with E-state index in [4.69, 9.17) is 10.5 Å². The summed E-state index contributed by atoms with van der Waals surface area (Å²) in [5.41, 5.74) is 6.70. The van der Waals surface area contributed by atoms with Crippen LogP contribution < -0.4 is 10.5 Å². The summed E-state index contributed by atoms with van der Waals surface area (Å²) in [5, 5.41) is 0. The van der Waals surface area contributed by atoms with Gasteiger partial charge in [0.1, 0.15) is 11.6 Å². The van der Waals surface area contributed by atoms with Gasteiger partial charge >= 0.3 is 5.97 Å². The third kappa shape index (κ3) is 2.85. The van der Waals surface area contributed by atoms with E-state index < -0.39 is 11.8 Å². The number of halogens is 1. The summed E-state index contributed by atoms with van der Waals surface area (Å²) in [7, 11) is 1.25. The Kier molecular flexibility index (Phi) is 3.84. The smallest absolute Gasteiger partial charge is 0.340 e. The molecular weight excluding hydrogens is 263 g/mol. The van der Waals surface area contributed by atoms with Gasteiger partial charge in [-0.2, -0.15) is 0 Å². The van der Waals surface area contributed by atoms with Crippen molar-refractivity contribution in [2.45, 2.75) is 6.92 Å². The zero-order valence-corrected chi connectivity index (χ0v) is 11.0. The van der Waals surface area contributed by atoms with E-state index in [1.807, 2.05) is 0 Å². The molecule has 5 nitrogen and oxygen atoms in total. The molecule has 1 aromatic carbocycles. The number of pyridine rings is 1. The van der Waals surface area contributed by atoms with Crippen molar-refractivity contribution in [2.75, 3.05) is 12.8 Å². The van der Waals surface area contributed by atoms with E-state index in [1.54, 1.807) is 13.0 Å². The number of nitrogen functional groups attached to an aromatic ring is 1. The predicted octanol–water partition coefficient (Wildman–Crippen LogP) is 2.69. The second-order valence-corrected chi connectivity index (χ2v) is 4.11. The summed E-state index contributed by atoms with van der Waals surface area (Å²) in [4.78, 5) is 15.5. The average molecular weight is 276 g/mol. The van der Waals surface area contributed by atoms with Crippen LogP contribution >= 0.6 is 0 Å². The molecule has 0 amide bonds. The fourth-order valence-electron chi connectivity index (χ4n) is 1.59. The van der Waals surface area contributed by atoms with Gasteiger partial charge in [0.05, 0.1) is 24.6 Å². The molecule has 6 heteroatoms. The second kappa shape index (κ2) is 5.56. The van der Waals surface area contributed by atoms with E-state index >= 15 is 0 Å². The van der Waals surface area contributed by atoms with Crippen LogP contribution in [0.25, 0.3) is 0 Å². The third-order valence-corrected chi connectivity index (χ3v) is 2.68. The summed E-state index contributed by atoms with van der Waals surface area (Å²) >= 11 is 0. The lowest BCUT2D eigenvalue weighted by atomic mass is 10.2. The van der Waals surface area contributed by atoms with Crippen LogP contribution in [0.5, 0.6) is 11.6 Å². The van der Waals surface area contributed by atoms with Crippen molar-refractivity contribution in [1.82, 2.24) is 4.98 Å². The van der Waals surface area contributed by atoms with Crippen molar-refractivity contribution in [3.63, 3.8) is 0 Å². The lowest BCUT2D eigenvalue weighted by Gasteiger charge is -2.09. The van der Waals surface area contributed by atoms with Gasteiger partial charge in [0.15, 0.2) is 0 Å². The van der Waals surface area contributed by atoms with Crippen molar-refractivity contribution < 1.29 is 18.7 Å². The maximum absolute atomic E-state index is 13.2. The van der Waals surface area contributed by atoms with Gasteiger partial charge < -0.3 is 15.2 Å². The highest BCUT2D eigenvalue weighted by atomic mass is 19.1. The standard InChI is InChI=1S/C14H13FN2O3/c1-8-3-4-9(15)5-12(8)20-13-6-10(14(18)19-2)11(16)7-17-13/h3-7H,16H2,1-2H3. The van der Waals surface area contributed by atoms with E-state index in [-0.39, 0.29) is 17.1 Å². The van der Waals surface area contributed by atoms with E-state index in [0.717, 1.165) is 5.56 Å². The molecule has 0 fully saturated rings. The lowest BCUT2D eigenvalue weighted by molar-refractivity contribution is 0.0601. The first-order valence-electron chi connectivity index (χ1n) is 5.79. The molecule has 0 saturated carbocycles. The Labute approximate surface area is 115 Å². The Bertz CT molecular complexity index is 659. The SMILES string of the molecule is COC(=O)c1cc(Oc2cc(F)ccc2C)ncc1N. The zero-order valence-electron chi connectivity index (χ0n) is 11.0. The number of nitrogens with zero attached hydrogens (tertiary/aromatic N) is 1. The minimum atomic E-state index is -0.592. The van der Waals surface area contributed by atoms with Crippen LogP contribution in [-0.4, -0.2) is 18.1 Å². The van der Waals surface area contributed by atoms with E-state index in [1.165, 1.54) is 31.5 Å². The van der Waals surface area contributed by atoms with Gasteiger partial charge in [-0.3, -0.25) is 0 Å². The zero-order chi connectivity index (χ0) is 14.7. The first-order chi connectivity index (χ1) is 9.51. The Morgan fingerprint density at radius 2 is 2.10 bits per heavy atom. The number of hydrogen-bond donors (Lipinski definition) is 1. The predicted molar refractivity (Wildman–Crippen MR) is 71.2 cm³/mol. The number of methoxy groups -OCH3 is 1. The number of rotatable bonds is 3. The maximum atomic E-state index is 13.2. The molecule has 0 bridgehead atoms. The molecule has 1 aromatic heterocycles. The highest BCUT2D eigenvalue weighted by Crippen LogP contribution is 2.26. The number of esters is 1. The van der Waals surface area contributed by atoms with Crippen molar-refractivity contribution in [1.29, 1.82) is 0 Å². The molecule has 0 aliphatic rings. The Hall–Kier alpha value is -2.63. The van der Waals surface area contributed by atoms with Gasteiger partial charge in [-0.05, 0) is 18.6 Å². The highest BCUT2D eigenvalue weighted by molar-refractivity contribution is 5.95. The van der Waals surface area contributed by atoms with Crippen molar-refractivity contribution in [3.05, 3.63) is 47.4 Å². The number of hydrogen-bond acceptors (Lipinski definition) is 5. The minimum absolute atomic E-state index is 0.133. The summed E-state index contributed by atoms with van der Waals surface area (Å²) in [6.07, 6.45) is 1.29. The summed E-state index contributed by atoms with van der Waals surface area (Å²) in [6.45, 7) is 1.77. The lowest BCUT2D eigenvalue weighted by Crippen LogP contribution is -2.06. The van der Waals surface area contributed by atoms with E-state index in [9.17, 15) is 9.18 Å². The number of benzene rings is 1. The van der Waals surface area contributed by atoms with Gasteiger partial charge in [0.25, 0.3) is 0 Å². The molecule has 1 heterocycles. The number of aryl methyl sites for hydroxylation is 1. The molecule has 2 rings (SSSR count). The van der Waals surface area contributed by atoms with Crippen LogP contribution in [0.4, 0.5) is 10.1 Å². The first-order valence-corrected chi connectivity index (χ1v) is 5.79. The van der Waals surface area contributed by atoms with Gasteiger partial charge in [-0.25, -0.2) is 14.2 Å². The topological polar surface area (TPSA) is 74.4 Å². The number of ether oxygens (including phenoxy) is 2. The fraction of sp³-hybridized carbons (Fsp3) is 0.143. The van der Waals surface area contributed by atoms with Gasteiger partial charge in [0, 0.05) is 12.1 Å². The Morgan fingerprint density at radius 3 is 2.80 bits per heavy atom. The molecule has 0 unspecified atom stereocenters. The van der Waals surface area contributed by atoms with Crippen molar-refractivity contribution >= 4 is 11.7 Å². The summed E-state index contributed by atoms with van der Waals surface area (Å²) < 4.78 is 23.3. The quantitative estimate of drug-likeness (QED) is 0.872. The normalized spacial score (nSPS) is 10.2. The second-order valence-electron chi connectivity index (χ2n) is 4.11. The molecule has 0 radical (unpaired) electrons. The van der Waals surface area contributed by atoms with Crippen LogP contribution in [-0.2, 0) is 4.74 Å². The largest absolute Gasteiger partial charge is 0.465 e. The molecule has 0 aliphatic heterocycles. The molecule has 0 atom stereocenters. The number of carbonyl (C=O) groups is 1. The van der Waals surface area contributed by atoms with Crippen LogP contribution in [0.15, 0.2) is 30.5 Å². The molecule has 2 N–H and O–H groups in total. The number of carbonyl (C=O) groups excluding carboxylic acids is 1. The number of nitrogens with two attached hydrogens (primary N) is 1. The third-order valence-electron chi connectivity index (χ3n) is 2.68.